The SMILES string of the molecule is CCC(=O)N1CCO[C@@](Cc2ccc(-c3cccnc3)cc2)(C(=O)NC(C)C)C1. The van der Waals surface area contributed by atoms with Crippen LogP contribution in [-0.4, -0.2) is 53.0 Å². The van der Waals surface area contributed by atoms with Gasteiger partial charge in [0, 0.05) is 37.8 Å². The van der Waals surface area contributed by atoms with Gasteiger partial charge < -0.3 is 15.0 Å². The number of amides is 2. The van der Waals surface area contributed by atoms with Gasteiger partial charge in [-0.25, -0.2) is 0 Å². The van der Waals surface area contributed by atoms with Crippen LogP contribution in [0.2, 0.25) is 0 Å². The van der Waals surface area contributed by atoms with Crippen molar-refractivity contribution in [3.8, 4) is 11.1 Å². The number of aromatic nitrogens is 1. The Morgan fingerprint density at radius 2 is 1.97 bits per heavy atom. The van der Waals surface area contributed by atoms with E-state index in [9.17, 15) is 9.59 Å². The predicted molar refractivity (Wildman–Crippen MR) is 112 cm³/mol. The lowest BCUT2D eigenvalue weighted by Crippen LogP contribution is -2.62. The number of nitrogens with zero attached hydrogens (tertiary/aromatic N) is 2. The maximum Gasteiger partial charge on any atom is 0.254 e. The minimum absolute atomic E-state index is 0.00631. The van der Waals surface area contributed by atoms with Crippen LogP contribution < -0.4 is 5.32 Å². The summed E-state index contributed by atoms with van der Waals surface area (Å²) in [6, 6.07) is 12.0. The molecule has 29 heavy (non-hydrogen) atoms. The van der Waals surface area contributed by atoms with E-state index in [1.54, 1.807) is 11.1 Å². The second-order valence-electron chi connectivity index (χ2n) is 7.76. The first-order valence-corrected chi connectivity index (χ1v) is 10.2. The maximum atomic E-state index is 13.1. The van der Waals surface area contributed by atoms with Gasteiger partial charge in [-0.15, -0.1) is 0 Å². The zero-order valence-electron chi connectivity index (χ0n) is 17.4. The number of benzene rings is 1. The zero-order valence-corrected chi connectivity index (χ0v) is 17.4. The van der Waals surface area contributed by atoms with Gasteiger partial charge in [0.15, 0.2) is 5.60 Å². The minimum Gasteiger partial charge on any atom is -0.361 e. The fraction of sp³-hybridized carbons (Fsp3) is 0.435. The smallest absolute Gasteiger partial charge is 0.254 e. The van der Waals surface area contributed by atoms with Gasteiger partial charge in [-0.05, 0) is 36.6 Å². The average molecular weight is 396 g/mol. The molecule has 0 aliphatic carbocycles. The van der Waals surface area contributed by atoms with Gasteiger partial charge in [0.1, 0.15) is 0 Å². The Balaban J connectivity index is 1.85. The van der Waals surface area contributed by atoms with Gasteiger partial charge in [0.05, 0.1) is 13.2 Å². The van der Waals surface area contributed by atoms with Crippen LogP contribution in [0.4, 0.5) is 0 Å². The number of rotatable bonds is 6. The Hall–Kier alpha value is -2.73. The summed E-state index contributed by atoms with van der Waals surface area (Å²) in [6.07, 6.45) is 4.40. The van der Waals surface area contributed by atoms with E-state index in [-0.39, 0.29) is 24.4 Å². The Kier molecular flexibility index (Phi) is 6.64. The standard InChI is InChI=1S/C23H29N3O3/c1-4-21(27)26-12-13-29-23(16-26,22(28)25-17(2)3)14-18-7-9-19(10-8-18)20-6-5-11-24-15-20/h5-11,15,17H,4,12-14,16H2,1-3H3,(H,25,28)/t23-/m1/s1. The highest BCUT2D eigenvalue weighted by Crippen LogP contribution is 2.26. The van der Waals surface area contributed by atoms with Crippen molar-refractivity contribution in [2.75, 3.05) is 19.7 Å². The first kappa shape index (κ1) is 21.0. The van der Waals surface area contributed by atoms with Crippen molar-refractivity contribution in [3.63, 3.8) is 0 Å². The zero-order chi connectivity index (χ0) is 20.9. The summed E-state index contributed by atoms with van der Waals surface area (Å²) in [5.74, 6) is -0.126. The summed E-state index contributed by atoms with van der Waals surface area (Å²) in [7, 11) is 0. The second-order valence-corrected chi connectivity index (χ2v) is 7.76. The molecule has 2 amide bonds. The van der Waals surface area contributed by atoms with Gasteiger partial charge >= 0.3 is 0 Å². The molecule has 1 aliphatic rings. The van der Waals surface area contributed by atoms with Crippen LogP contribution in [0.3, 0.4) is 0 Å². The van der Waals surface area contributed by atoms with E-state index in [0.717, 1.165) is 16.7 Å². The van der Waals surface area contributed by atoms with Crippen molar-refractivity contribution in [1.82, 2.24) is 15.2 Å². The maximum absolute atomic E-state index is 13.1. The van der Waals surface area contributed by atoms with E-state index in [1.807, 2.05) is 63.4 Å². The lowest BCUT2D eigenvalue weighted by Gasteiger charge is -2.42. The molecular weight excluding hydrogens is 366 g/mol. The van der Waals surface area contributed by atoms with E-state index >= 15 is 0 Å². The van der Waals surface area contributed by atoms with Gasteiger partial charge in [-0.3, -0.25) is 14.6 Å². The second kappa shape index (κ2) is 9.18. The number of hydrogen-bond donors (Lipinski definition) is 1. The molecule has 3 rings (SSSR count). The lowest BCUT2D eigenvalue weighted by molar-refractivity contribution is -0.166. The number of hydrogen-bond acceptors (Lipinski definition) is 4. The van der Waals surface area contributed by atoms with Gasteiger partial charge in [0.25, 0.3) is 5.91 Å². The summed E-state index contributed by atoms with van der Waals surface area (Å²) >= 11 is 0. The Labute approximate surface area is 172 Å². The molecule has 1 aliphatic heterocycles. The Bertz CT molecular complexity index is 836. The molecule has 0 radical (unpaired) electrons. The quantitative estimate of drug-likeness (QED) is 0.816. The summed E-state index contributed by atoms with van der Waals surface area (Å²) < 4.78 is 6.06. The molecule has 1 aromatic carbocycles. The number of ether oxygens (including phenoxy) is 1. The van der Waals surface area contributed by atoms with E-state index in [2.05, 4.69) is 10.3 Å². The van der Waals surface area contributed by atoms with Crippen LogP contribution in [0, 0.1) is 0 Å². The summed E-state index contributed by atoms with van der Waals surface area (Å²) in [4.78, 5) is 31.3. The molecule has 1 fully saturated rings. The third-order valence-electron chi connectivity index (χ3n) is 5.11. The normalized spacial score (nSPS) is 19.2. The molecule has 154 valence electrons. The summed E-state index contributed by atoms with van der Waals surface area (Å²) in [6.45, 7) is 6.82. The van der Waals surface area contributed by atoms with Crippen LogP contribution in [0.25, 0.3) is 11.1 Å². The van der Waals surface area contributed by atoms with Gasteiger partial charge in [-0.2, -0.15) is 0 Å². The molecule has 0 unspecified atom stereocenters. The lowest BCUT2D eigenvalue weighted by atomic mass is 9.90. The first-order chi connectivity index (χ1) is 13.9. The van der Waals surface area contributed by atoms with Crippen LogP contribution in [-0.2, 0) is 20.7 Å². The minimum atomic E-state index is -1.08. The van der Waals surface area contributed by atoms with Gasteiger partial charge in [0.2, 0.25) is 5.91 Å². The highest BCUT2D eigenvalue weighted by molar-refractivity contribution is 5.87. The third-order valence-corrected chi connectivity index (χ3v) is 5.11. The van der Waals surface area contributed by atoms with E-state index in [1.165, 1.54) is 0 Å². The van der Waals surface area contributed by atoms with E-state index in [0.29, 0.717) is 26.0 Å². The molecule has 0 saturated carbocycles. The number of nitrogens with one attached hydrogen (secondary N) is 1. The molecule has 6 heteroatoms. The Morgan fingerprint density at radius 1 is 1.21 bits per heavy atom. The van der Waals surface area contributed by atoms with E-state index in [4.69, 9.17) is 4.74 Å². The number of carbonyl (C=O) groups excluding carboxylic acids is 2. The largest absolute Gasteiger partial charge is 0.361 e. The molecular formula is C23H29N3O3. The summed E-state index contributed by atoms with van der Waals surface area (Å²) in [5, 5.41) is 2.98. The van der Waals surface area contributed by atoms with Crippen molar-refractivity contribution in [1.29, 1.82) is 0 Å². The monoisotopic (exact) mass is 395 g/mol. The third kappa shape index (κ3) is 5.01. The topological polar surface area (TPSA) is 71.5 Å². The van der Waals surface area contributed by atoms with Crippen LogP contribution in [0.15, 0.2) is 48.8 Å². The highest BCUT2D eigenvalue weighted by Gasteiger charge is 2.45. The molecule has 1 saturated heterocycles. The van der Waals surface area contributed by atoms with Crippen molar-refractivity contribution in [2.24, 2.45) is 0 Å². The number of pyridine rings is 1. The van der Waals surface area contributed by atoms with Gasteiger partial charge in [-0.1, -0.05) is 37.3 Å². The Morgan fingerprint density at radius 3 is 2.59 bits per heavy atom. The van der Waals surface area contributed by atoms with Crippen molar-refractivity contribution in [3.05, 3.63) is 54.4 Å². The first-order valence-electron chi connectivity index (χ1n) is 10.2. The van der Waals surface area contributed by atoms with Crippen molar-refractivity contribution in [2.45, 2.75) is 45.3 Å². The molecule has 2 aromatic rings. The van der Waals surface area contributed by atoms with E-state index < -0.39 is 5.60 Å². The average Bonchev–Trinajstić information content (AvgIpc) is 2.74. The highest BCUT2D eigenvalue weighted by atomic mass is 16.5. The van der Waals surface area contributed by atoms with Crippen molar-refractivity contribution < 1.29 is 14.3 Å². The van der Waals surface area contributed by atoms with Crippen LogP contribution in [0.5, 0.6) is 0 Å². The summed E-state index contributed by atoms with van der Waals surface area (Å²) in [5.41, 5.74) is 2.01. The van der Waals surface area contributed by atoms with Crippen LogP contribution in [0.1, 0.15) is 32.8 Å². The number of carbonyl (C=O) groups is 2. The molecule has 2 heterocycles. The molecule has 1 atom stereocenters. The fourth-order valence-corrected chi connectivity index (χ4v) is 3.62. The molecule has 1 N–H and O–H groups in total. The molecule has 1 aromatic heterocycles. The predicted octanol–water partition coefficient (Wildman–Crippen LogP) is 2.82. The molecule has 0 bridgehead atoms. The number of morpholine rings is 1. The van der Waals surface area contributed by atoms with Crippen molar-refractivity contribution >= 4 is 11.8 Å². The van der Waals surface area contributed by atoms with Crippen LogP contribution >= 0.6 is 0 Å². The fourth-order valence-electron chi connectivity index (χ4n) is 3.62. The molecule has 0 spiro atoms. The molecule has 6 nitrogen and oxygen atoms in total.